The van der Waals surface area contributed by atoms with Crippen molar-refractivity contribution in [2.75, 3.05) is 5.32 Å². The van der Waals surface area contributed by atoms with Crippen LogP contribution in [-0.2, 0) is 6.54 Å². The maximum atomic E-state index is 13.4. The summed E-state index contributed by atoms with van der Waals surface area (Å²) in [5, 5.41) is 2.75. The molecule has 0 heterocycles. The van der Waals surface area contributed by atoms with Crippen molar-refractivity contribution < 1.29 is 13.2 Å². The van der Waals surface area contributed by atoms with Crippen molar-refractivity contribution in [2.24, 2.45) is 0 Å². The molecule has 0 aromatic heterocycles. The standard InChI is InChI=1S/C14H11BrF3N/c1-8-2-3-9(10(15)6-8)7-19-12-5-4-11(16)13(17)14(12)18/h2-6,19H,7H2,1H3. The van der Waals surface area contributed by atoms with Crippen molar-refractivity contribution in [1.82, 2.24) is 0 Å². The summed E-state index contributed by atoms with van der Waals surface area (Å²) in [5.41, 5.74) is 1.93. The molecule has 0 aliphatic heterocycles. The van der Waals surface area contributed by atoms with Gasteiger partial charge in [0.2, 0.25) is 0 Å². The molecule has 0 fully saturated rings. The van der Waals surface area contributed by atoms with Crippen molar-refractivity contribution in [1.29, 1.82) is 0 Å². The minimum atomic E-state index is -1.46. The number of nitrogens with one attached hydrogen (secondary N) is 1. The van der Waals surface area contributed by atoms with Crippen LogP contribution in [0.25, 0.3) is 0 Å². The quantitative estimate of drug-likeness (QED) is 0.798. The van der Waals surface area contributed by atoms with Crippen molar-refractivity contribution >= 4 is 21.6 Å². The van der Waals surface area contributed by atoms with Gasteiger partial charge in [-0.1, -0.05) is 28.1 Å². The minimum Gasteiger partial charge on any atom is -0.378 e. The van der Waals surface area contributed by atoms with E-state index in [1.165, 1.54) is 6.07 Å². The third kappa shape index (κ3) is 3.10. The van der Waals surface area contributed by atoms with E-state index in [2.05, 4.69) is 21.2 Å². The van der Waals surface area contributed by atoms with Crippen LogP contribution in [0.5, 0.6) is 0 Å². The maximum absolute atomic E-state index is 13.4. The summed E-state index contributed by atoms with van der Waals surface area (Å²) in [7, 11) is 0. The molecule has 0 spiro atoms. The third-order valence-corrected chi connectivity index (χ3v) is 3.45. The number of aryl methyl sites for hydroxylation is 1. The molecule has 0 saturated heterocycles. The second-order valence-electron chi connectivity index (χ2n) is 4.17. The predicted molar refractivity (Wildman–Crippen MR) is 72.5 cm³/mol. The highest BCUT2D eigenvalue weighted by Gasteiger charge is 2.13. The minimum absolute atomic E-state index is 0.0635. The average molecular weight is 330 g/mol. The molecule has 0 aliphatic rings. The summed E-state index contributed by atoms with van der Waals surface area (Å²) in [6, 6.07) is 7.80. The molecule has 100 valence electrons. The molecule has 0 radical (unpaired) electrons. The summed E-state index contributed by atoms with van der Waals surface area (Å²) >= 11 is 3.40. The van der Waals surface area contributed by atoms with Gasteiger partial charge in [0.1, 0.15) is 0 Å². The molecule has 0 unspecified atom stereocenters. The van der Waals surface area contributed by atoms with Crippen molar-refractivity contribution in [3.8, 4) is 0 Å². The van der Waals surface area contributed by atoms with E-state index in [-0.39, 0.29) is 5.69 Å². The lowest BCUT2D eigenvalue weighted by atomic mass is 10.1. The van der Waals surface area contributed by atoms with Gasteiger partial charge in [0.05, 0.1) is 5.69 Å². The Labute approximate surface area is 117 Å². The molecule has 1 nitrogen and oxygen atoms in total. The molecule has 2 rings (SSSR count). The molecule has 5 heteroatoms. The first-order valence-corrected chi connectivity index (χ1v) is 6.40. The SMILES string of the molecule is Cc1ccc(CNc2ccc(F)c(F)c2F)c(Br)c1. The van der Waals surface area contributed by atoms with E-state index in [1.807, 2.05) is 25.1 Å². The molecule has 0 saturated carbocycles. The van der Waals surface area contributed by atoms with Crippen LogP contribution in [0.15, 0.2) is 34.8 Å². The maximum Gasteiger partial charge on any atom is 0.196 e. The first-order chi connectivity index (χ1) is 8.99. The topological polar surface area (TPSA) is 12.0 Å². The monoisotopic (exact) mass is 329 g/mol. The number of anilines is 1. The van der Waals surface area contributed by atoms with Crippen LogP contribution in [0.4, 0.5) is 18.9 Å². The molecule has 0 atom stereocenters. The Morgan fingerprint density at radius 2 is 1.79 bits per heavy atom. The summed E-state index contributed by atoms with van der Waals surface area (Å²) < 4.78 is 40.1. The van der Waals surface area contributed by atoms with E-state index >= 15 is 0 Å². The second-order valence-corrected chi connectivity index (χ2v) is 5.03. The highest BCUT2D eigenvalue weighted by molar-refractivity contribution is 9.10. The van der Waals surface area contributed by atoms with E-state index in [0.29, 0.717) is 6.54 Å². The number of rotatable bonds is 3. The Kier molecular flexibility index (Phi) is 4.14. The largest absolute Gasteiger partial charge is 0.378 e. The Morgan fingerprint density at radius 1 is 1.05 bits per heavy atom. The number of hydrogen-bond acceptors (Lipinski definition) is 1. The van der Waals surface area contributed by atoms with Gasteiger partial charge in [-0.2, -0.15) is 0 Å². The van der Waals surface area contributed by atoms with Crippen LogP contribution in [0.3, 0.4) is 0 Å². The van der Waals surface area contributed by atoms with Gasteiger partial charge < -0.3 is 5.32 Å². The Balaban J connectivity index is 2.17. The Hall–Kier alpha value is -1.49. The van der Waals surface area contributed by atoms with Crippen LogP contribution in [0.2, 0.25) is 0 Å². The van der Waals surface area contributed by atoms with Gasteiger partial charge in [-0.15, -0.1) is 0 Å². The zero-order valence-electron chi connectivity index (χ0n) is 10.1. The fraction of sp³-hybridized carbons (Fsp3) is 0.143. The van der Waals surface area contributed by atoms with E-state index in [9.17, 15) is 13.2 Å². The molecule has 1 N–H and O–H groups in total. The van der Waals surface area contributed by atoms with E-state index in [4.69, 9.17) is 0 Å². The van der Waals surface area contributed by atoms with Gasteiger partial charge in [0.25, 0.3) is 0 Å². The molecule has 0 aliphatic carbocycles. The molecule has 19 heavy (non-hydrogen) atoms. The van der Waals surface area contributed by atoms with E-state index < -0.39 is 17.5 Å². The number of halogens is 4. The first kappa shape index (κ1) is 13.9. The normalized spacial score (nSPS) is 10.6. The van der Waals surface area contributed by atoms with Crippen molar-refractivity contribution in [3.05, 3.63) is 63.4 Å². The van der Waals surface area contributed by atoms with Gasteiger partial charge in [-0.25, -0.2) is 13.2 Å². The van der Waals surface area contributed by atoms with E-state index in [1.54, 1.807) is 0 Å². The fourth-order valence-corrected chi connectivity index (χ4v) is 2.28. The summed E-state index contributed by atoms with van der Waals surface area (Å²) in [4.78, 5) is 0. The number of benzene rings is 2. The number of hydrogen-bond donors (Lipinski definition) is 1. The third-order valence-electron chi connectivity index (χ3n) is 2.71. The zero-order chi connectivity index (χ0) is 14.0. The van der Waals surface area contributed by atoms with Gasteiger partial charge in [0, 0.05) is 11.0 Å². The lowest BCUT2D eigenvalue weighted by Gasteiger charge is -2.10. The lowest BCUT2D eigenvalue weighted by Crippen LogP contribution is -2.04. The molecular weight excluding hydrogens is 319 g/mol. The van der Waals surface area contributed by atoms with Gasteiger partial charge in [0.15, 0.2) is 17.5 Å². The molecule has 0 bridgehead atoms. The van der Waals surface area contributed by atoms with Crippen LogP contribution in [0.1, 0.15) is 11.1 Å². The lowest BCUT2D eigenvalue weighted by molar-refractivity contribution is 0.449. The highest BCUT2D eigenvalue weighted by atomic mass is 79.9. The second kappa shape index (κ2) is 5.65. The fourth-order valence-electron chi connectivity index (χ4n) is 1.65. The van der Waals surface area contributed by atoms with Gasteiger partial charge in [-0.3, -0.25) is 0 Å². The first-order valence-electron chi connectivity index (χ1n) is 5.61. The van der Waals surface area contributed by atoms with Gasteiger partial charge >= 0.3 is 0 Å². The zero-order valence-corrected chi connectivity index (χ0v) is 11.7. The van der Waals surface area contributed by atoms with Crippen LogP contribution in [-0.4, -0.2) is 0 Å². The summed E-state index contributed by atoms with van der Waals surface area (Å²) in [5.74, 6) is -3.87. The van der Waals surface area contributed by atoms with Crippen LogP contribution in [0, 0.1) is 24.4 Å². The smallest absolute Gasteiger partial charge is 0.196 e. The van der Waals surface area contributed by atoms with Crippen molar-refractivity contribution in [3.63, 3.8) is 0 Å². The molecular formula is C14H11BrF3N. The average Bonchev–Trinajstić information content (AvgIpc) is 2.37. The highest BCUT2D eigenvalue weighted by Crippen LogP contribution is 2.23. The molecule has 2 aromatic carbocycles. The van der Waals surface area contributed by atoms with Crippen LogP contribution < -0.4 is 5.32 Å². The molecule has 0 amide bonds. The molecule has 2 aromatic rings. The summed E-state index contributed by atoms with van der Waals surface area (Å²) in [6.45, 7) is 2.26. The Morgan fingerprint density at radius 3 is 2.47 bits per heavy atom. The van der Waals surface area contributed by atoms with E-state index in [0.717, 1.165) is 21.7 Å². The predicted octanol–water partition coefficient (Wildman–Crippen LogP) is 4.79. The van der Waals surface area contributed by atoms with Crippen LogP contribution >= 0.6 is 15.9 Å². The van der Waals surface area contributed by atoms with Crippen molar-refractivity contribution in [2.45, 2.75) is 13.5 Å². The van der Waals surface area contributed by atoms with Gasteiger partial charge in [-0.05, 0) is 36.2 Å². The summed E-state index contributed by atoms with van der Waals surface area (Å²) in [6.07, 6.45) is 0. The Bertz CT molecular complexity index is 614.